The Morgan fingerprint density at radius 2 is 1.90 bits per heavy atom. The summed E-state index contributed by atoms with van der Waals surface area (Å²) in [6, 6.07) is 10.3. The minimum Gasteiger partial charge on any atom is -0.397 e. The van der Waals surface area contributed by atoms with E-state index in [-0.39, 0.29) is 0 Å². The summed E-state index contributed by atoms with van der Waals surface area (Å²) in [7, 11) is 0. The maximum Gasteiger partial charge on any atom is 0.248 e. The SMILES string of the molecule is NC(=O)c1ccc(N)c(NCCc2ccc(Cl)cc2Cl)c1. The Bertz CT molecular complexity index is 674. The standard InChI is InChI=1S/C15H15Cl2N3O/c16-11-3-1-9(12(17)8-11)5-6-20-14-7-10(15(19)21)2-4-13(14)18/h1-4,7-8,20H,5-6,18H2,(H2,19,21). The number of primary amides is 1. The number of halogens is 2. The summed E-state index contributed by atoms with van der Waals surface area (Å²) in [6.07, 6.45) is 0.705. The molecule has 0 spiro atoms. The van der Waals surface area contributed by atoms with Crippen molar-refractivity contribution in [1.82, 2.24) is 0 Å². The highest BCUT2D eigenvalue weighted by atomic mass is 35.5. The lowest BCUT2D eigenvalue weighted by atomic mass is 10.1. The number of nitrogen functional groups attached to an aromatic ring is 1. The molecule has 0 bridgehead atoms. The predicted octanol–water partition coefficient (Wildman–Crippen LogP) is 3.33. The molecule has 0 saturated carbocycles. The zero-order valence-corrected chi connectivity index (χ0v) is 12.7. The van der Waals surface area contributed by atoms with E-state index in [1.165, 1.54) is 0 Å². The molecule has 0 heterocycles. The monoisotopic (exact) mass is 323 g/mol. The molecule has 5 N–H and O–H groups in total. The average molecular weight is 324 g/mol. The second-order valence-electron chi connectivity index (χ2n) is 4.58. The maximum absolute atomic E-state index is 11.2. The number of hydrogen-bond acceptors (Lipinski definition) is 3. The second kappa shape index (κ2) is 6.70. The highest BCUT2D eigenvalue weighted by Crippen LogP contribution is 2.23. The molecular weight excluding hydrogens is 309 g/mol. The first kappa shape index (κ1) is 15.5. The van der Waals surface area contributed by atoms with Gasteiger partial charge < -0.3 is 16.8 Å². The fourth-order valence-corrected chi connectivity index (χ4v) is 2.42. The lowest BCUT2D eigenvalue weighted by Gasteiger charge is -2.11. The van der Waals surface area contributed by atoms with Gasteiger partial charge in [0.1, 0.15) is 0 Å². The van der Waals surface area contributed by atoms with E-state index < -0.39 is 5.91 Å². The van der Waals surface area contributed by atoms with Crippen molar-refractivity contribution < 1.29 is 4.79 Å². The number of amides is 1. The van der Waals surface area contributed by atoms with Crippen LogP contribution in [0.15, 0.2) is 36.4 Å². The van der Waals surface area contributed by atoms with Crippen LogP contribution in [-0.2, 0) is 6.42 Å². The highest BCUT2D eigenvalue weighted by molar-refractivity contribution is 6.35. The molecule has 110 valence electrons. The number of rotatable bonds is 5. The van der Waals surface area contributed by atoms with E-state index >= 15 is 0 Å². The number of benzene rings is 2. The van der Waals surface area contributed by atoms with Gasteiger partial charge in [-0.2, -0.15) is 0 Å². The molecule has 6 heteroatoms. The molecule has 0 aromatic heterocycles. The summed E-state index contributed by atoms with van der Waals surface area (Å²) in [6.45, 7) is 0.619. The van der Waals surface area contributed by atoms with Crippen LogP contribution in [0, 0.1) is 0 Å². The lowest BCUT2D eigenvalue weighted by molar-refractivity contribution is 0.100. The van der Waals surface area contributed by atoms with Gasteiger partial charge in [0.2, 0.25) is 5.91 Å². The topological polar surface area (TPSA) is 81.1 Å². The number of nitrogens with two attached hydrogens (primary N) is 2. The first-order valence-corrected chi connectivity index (χ1v) is 7.10. The summed E-state index contributed by atoms with van der Waals surface area (Å²) < 4.78 is 0. The summed E-state index contributed by atoms with van der Waals surface area (Å²) >= 11 is 12.0. The summed E-state index contributed by atoms with van der Waals surface area (Å²) in [5, 5.41) is 4.41. The van der Waals surface area contributed by atoms with Crippen LogP contribution in [0.5, 0.6) is 0 Å². The highest BCUT2D eigenvalue weighted by Gasteiger charge is 2.06. The number of nitrogens with one attached hydrogen (secondary N) is 1. The van der Waals surface area contributed by atoms with E-state index in [1.54, 1.807) is 30.3 Å². The van der Waals surface area contributed by atoms with Crippen molar-refractivity contribution in [2.24, 2.45) is 5.73 Å². The van der Waals surface area contributed by atoms with Gasteiger partial charge in [0.15, 0.2) is 0 Å². The Hall–Kier alpha value is -1.91. The van der Waals surface area contributed by atoms with Crippen molar-refractivity contribution in [1.29, 1.82) is 0 Å². The lowest BCUT2D eigenvalue weighted by Crippen LogP contribution is -2.13. The van der Waals surface area contributed by atoms with Crippen molar-refractivity contribution >= 4 is 40.5 Å². The van der Waals surface area contributed by atoms with Crippen molar-refractivity contribution in [3.05, 3.63) is 57.6 Å². The zero-order valence-electron chi connectivity index (χ0n) is 11.2. The van der Waals surface area contributed by atoms with Crippen LogP contribution < -0.4 is 16.8 Å². The first-order chi connectivity index (χ1) is 9.97. The fraction of sp³-hybridized carbons (Fsp3) is 0.133. The molecule has 0 radical (unpaired) electrons. The van der Waals surface area contributed by atoms with Crippen molar-refractivity contribution in [3.63, 3.8) is 0 Å². The summed E-state index contributed by atoms with van der Waals surface area (Å²) in [5.41, 5.74) is 13.7. The van der Waals surface area contributed by atoms with Crippen LogP contribution >= 0.6 is 23.2 Å². The predicted molar refractivity (Wildman–Crippen MR) is 88.0 cm³/mol. The van der Waals surface area contributed by atoms with E-state index in [2.05, 4.69) is 5.32 Å². The van der Waals surface area contributed by atoms with E-state index in [9.17, 15) is 4.79 Å². The van der Waals surface area contributed by atoms with Crippen molar-refractivity contribution in [2.75, 3.05) is 17.6 Å². The fourth-order valence-electron chi connectivity index (χ4n) is 1.92. The Labute approximate surface area is 133 Å². The van der Waals surface area contributed by atoms with Gasteiger partial charge in [0, 0.05) is 22.2 Å². The van der Waals surface area contributed by atoms with Crippen LogP contribution in [0.1, 0.15) is 15.9 Å². The van der Waals surface area contributed by atoms with Gasteiger partial charge in [-0.15, -0.1) is 0 Å². The van der Waals surface area contributed by atoms with Crippen LogP contribution in [0.25, 0.3) is 0 Å². The number of carbonyl (C=O) groups excluding carboxylic acids is 1. The van der Waals surface area contributed by atoms with Gasteiger partial charge in [-0.1, -0.05) is 29.3 Å². The molecule has 21 heavy (non-hydrogen) atoms. The molecule has 0 aliphatic rings. The molecule has 2 aromatic carbocycles. The third kappa shape index (κ3) is 4.03. The first-order valence-electron chi connectivity index (χ1n) is 6.34. The van der Waals surface area contributed by atoms with Gasteiger partial charge >= 0.3 is 0 Å². The molecule has 2 aromatic rings. The minimum atomic E-state index is -0.487. The van der Waals surface area contributed by atoms with Crippen LogP contribution in [0.3, 0.4) is 0 Å². The maximum atomic E-state index is 11.2. The molecule has 4 nitrogen and oxygen atoms in total. The molecule has 0 unspecified atom stereocenters. The van der Waals surface area contributed by atoms with Gasteiger partial charge in [-0.05, 0) is 42.3 Å². The molecule has 0 aliphatic carbocycles. The van der Waals surface area contributed by atoms with E-state index in [0.29, 0.717) is 39.9 Å². The van der Waals surface area contributed by atoms with Crippen molar-refractivity contribution in [2.45, 2.75) is 6.42 Å². The van der Waals surface area contributed by atoms with E-state index in [1.807, 2.05) is 6.07 Å². The average Bonchev–Trinajstić information content (AvgIpc) is 2.43. The van der Waals surface area contributed by atoms with Gasteiger partial charge in [-0.25, -0.2) is 0 Å². The zero-order chi connectivity index (χ0) is 15.4. The number of hydrogen-bond donors (Lipinski definition) is 3. The smallest absolute Gasteiger partial charge is 0.248 e. The van der Waals surface area contributed by atoms with E-state index in [4.69, 9.17) is 34.7 Å². The molecular formula is C15H15Cl2N3O. The van der Waals surface area contributed by atoms with Crippen LogP contribution in [0.4, 0.5) is 11.4 Å². The quantitative estimate of drug-likeness (QED) is 0.738. The third-order valence-electron chi connectivity index (χ3n) is 3.06. The van der Waals surface area contributed by atoms with Gasteiger partial charge in [0.25, 0.3) is 0 Å². The molecule has 1 amide bonds. The van der Waals surface area contributed by atoms with E-state index in [0.717, 1.165) is 5.56 Å². The second-order valence-corrected chi connectivity index (χ2v) is 5.42. The summed E-state index contributed by atoms with van der Waals surface area (Å²) in [5.74, 6) is -0.487. The van der Waals surface area contributed by atoms with Gasteiger partial charge in [-0.3, -0.25) is 4.79 Å². The Kier molecular flexibility index (Phi) is 4.94. The molecule has 2 rings (SSSR count). The molecule has 0 fully saturated rings. The Balaban J connectivity index is 2.03. The Morgan fingerprint density at radius 1 is 1.14 bits per heavy atom. The van der Waals surface area contributed by atoms with Crippen molar-refractivity contribution in [3.8, 4) is 0 Å². The van der Waals surface area contributed by atoms with Crippen LogP contribution in [-0.4, -0.2) is 12.5 Å². The van der Waals surface area contributed by atoms with Crippen LogP contribution in [0.2, 0.25) is 10.0 Å². The Morgan fingerprint density at radius 3 is 2.57 bits per heavy atom. The molecule has 0 aliphatic heterocycles. The minimum absolute atomic E-state index is 0.413. The van der Waals surface area contributed by atoms with Gasteiger partial charge in [0.05, 0.1) is 11.4 Å². The number of anilines is 2. The largest absolute Gasteiger partial charge is 0.397 e. The molecule has 0 saturated heterocycles. The number of carbonyl (C=O) groups is 1. The third-order valence-corrected chi connectivity index (χ3v) is 3.65. The molecule has 0 atom stereocenters. The summed E-state index contributed by atoms with van der Waals surface area (Å²) in [4.78, 5) is 11.2. The normalized spacial score (nSPS) is 10.4.